The summed E-state index contributed by atoms with van der Waals surface area (Å²) in [5.74, 6) is 2.23. The molecule has 0 amide bonds. The average Bonchev–Trinajstić information content (AvgIpc) is 2.84. The first-order valence-corrected chi connectivity index (χ1v) is 6.75. The summed E-state index contributed by atoms with van der Waals surface area (Å²) in [5, 5.41) is 4.31. The topological polar surface area (TPSA) is 55.5 Å². The summed E-state index contributed by atoms with van der Waals surface area (Å²) in [5.41, 5.74) is 0.967. The second kappa shape index (κ2) is 6.52. The molecule has 0 spiro atoms. The summed E-state index contributed by atoms with van der Waals surface area (Å²) in [7, 11) is 3.26. The highest BCUT2D eigenvalue weighted by atomic mass is 16.5. The van der Waals surface area contributed by atoms with E-state index in [1.807, 2.05) is 18.3 Å². The lowest BCUT2D eigenvalue weighted by Crippen LogP contribution is -2.27. The average molecular weight is 278 g/mol. The maximum Gasteiger partial charge on any atom is 0.162 e. The number of hydrogen-bond acceptors (Lipinski definition) is 4. The Balaban J connectivity index is 2.14. The van der Waals surface area contributed by atoms with Gasteiger partial charge in [-0.05, 0) is 6.07 Å². The lowest BCUT2D eigenvalue weighted by Gasteiger charge is -2.10. The van der Waals surface area contributed by atoms with Crippen molar-refractivity contribution in [3.63, 3.8) is 0 Å². The van der Waals surface area contributed by atoms with Crippen LogP contribution in [0.15, 0.2) is 18.3 Å². The maximum absolute atomic E-state index is 5.79. The van der Waals surface area contributed by atoms with E-state index in [0.29, 0.717) is 24.1 Å². The molecule has 1 aromatic carbocycles. The van der Waals surface area contributed by atoms with E-state index in [1.165, 1.54) is 0 Å². The Kier molecular flexibility index (Phi) is 4.74. The lowest BCUT2D eigenvalue weighted by atomic mass is 10.2. The number of methoxy groups -OCH3 is 2. The molecule has 2 rings (SSSR count). The molecule has 0 fully saturated rings. The van der Waals surface area contributed by atoms with Gasteiger partial charge in [-0.1, -0.05) is 13.8 Å². The fourth-order valence-corrected chi connectivity index (χ4v) is 2.05. The van der Waals surface area contributed by atoms with Crippen LogP contribution in [-0.4, -0.2) is 38.4 Å². The van der Waals surface area contributed by atoms with Crippen molar-refractivity contribution in [1.82, 2.24) is 10.3 Å². The normalized spacial score (nSPS) is 11.1. The van der Waals surface area contributed by atoms with Gasteiger partial charge in [0, 0.05) is 30.2 Å². The van der Waals surface area contributed by atoms with Crippen LogP contribution in [0.3, 0.4) is 0 Å². The van der Waals surface area contributed by atoms with Gasteiger partial charge in [-0.2, -0.15) is 0 Å². The number of ether oxygens (including phenoxy) is 3. The van der Waals surface area contributed by atoms with Gasteiger partial charge in [-0.25, -0.2) is 0 Å². The van der Waals surface area contributed by atoms with Gasteiger partial charge in [0.15, 0.2) is 11.5 Å². The molecule has 5 heteroatoms. The molecule has 1 heterocycles. The monoisotopic (exact) mass is 278 g/mol. The molecule has 0 bridgehead atoms. The second-order valence-corrected chi connectivity index (χ2v) is 4.86. The molecule has 1 aromatic heterocycles. The van der Waals surface area contributed by atoms with Crippen LogP contribution in [0.25, 0.3) is 10.9 Å². The molecule has 0 radical (unpaired) electrons. The minimum absolute atomic E-state index is 0.464. The number of H-pyrrole nitrogens is 1. The Hall–Kier alpha value is -1.88. The Morgan fingerprint density at radius 2 is 1.80 bits per heavy atom. The quantitative estimate of drug-likeness (QED) is 0.764. The van der Waals surface area contributed by atoms with Crippen molar-refractivity contribution >= 4 is 10.9 Å². The van der Waals surface area contributed by atoms with Crippen molar-refractivity contribution in [2.24, 2.45) is 0 Å². The van der Waals surface area contributed by atoms with Crippen molar-refractivity contribution in [2.45, 2.75) is 19.9 Å². The van der Waals surface area contributed by atoms with Crippen LogP contribution in [-0.2, 0) is 0 Å². The molecule has 2 aromatic rings. The van der Waals surface area contributed by atoms with Crippen molar-refractivity contribution < 1.29 is 14.2 Å². The van der Waals surface area contributed by atoms with Crippen molar-refractivity contribution in [3.8, 4) is 17.2 Å². The summed E-state index contributed by atoms with van der Waals surface area (Å²) in [6, 6.07) is 4.30. The van der Waals surface area contributed by atoms with E-state index in [1.54, 1.807) is 14.2 Å². The number of benzene rings is 1. The van der Waals surface area contributed by atoms with E-state index in [4.69, 9.17) is 14.2 Å². The van der Waals surface area contributed by atoms with Crippen molar-refractivity contribution in [2.75, 3.05) is 27.4 Å². The van der Waals surface area contributed by atoms with Gasteiger partial charge < -0.3 is 24.5 Å². The third-order valence-electron chi connectivity index (χ3n) is 3.06. The second-order valence-electron chi connectivity index (χ2n) is 4.86. The highest BCUT2D eigenvalue weighted by molar-refractivity contribution is 5.89. The van der Waals surface area contributed by atoms with Gasteiger partial charge in [-0.3, -0.25) is 0 Å². The van der Waals surface area contributed by atoms with Crippen molar-refractivity contribution in [1.29, 1.82) is 0 Å². The molecule has 0 aliphatic rings. The Morgan fingerprint density at radius 1 is 1.10 bits per heavy atom. The number of nitrogens with one attached hydrogen (secondary N) is 2. The zero-order valence-corrected chi connectivity index (χ0v) is 12.4. The number of fused-ring (bicyclic) bond motifs is 1. The summed E-state index contributed by atoms with van der Waals surface area (Å²) in [4.78, 5) is 3.18. The molecule has 2 N–H and O–H groups in total. The lowest BCUT2D eigenvalue weighted by molar-refractivity contribution is 0.312. The van der Waals surface area contributed by atoms with E-state index in [2.05, 4.69) is 24.1 Å². The van der Waals surface area contributed by atoms with E-state index in [0.717, 1.165) is 23.2 Å². The van der Waals surface area contributed by atoms with Crippen LogP contribution >= 0.6 is 0 Å². The van der Waals surface area contributed by atoms with Crippen molar-refractivity contribution in [3.05, 3.63) is 18.3 Å². The predicted octanol–water partition coefficient (Wildman–Crippen LogP) is 2.56. The summed E-state index contributed by atoms with van der Waals surface area (Å²) < 4.78 is 16.4. The van der Waals surface area contributed by atoms with Gasteiger partial charge in [0.05, 0.1) is 19.7 Å². The van der Waals surface area contributed by atoms with Crippen LogP contribution < -0.4 is 19.5 Å². The fraction of sp³-hybridized carbons (Fsp3) is 0.467. The molecular formula is C15H22N2O3. The Bertz CT molecular complexity index is 563. The predicted molar refractivity (Wildman–Crippen MR) is 80.0 cm³/mol. The van der Waals surface area contributed by atoms with Gasteiger partial charge in [0.1, 0.15) is 12.4 Å². The number of aromatic amines is 1. The van der Waals surface area contributed by atoms with Crippen LogP contribution in [0.5, 0.6) is 17.2 Å². The van der Waals surface area contributed by atoms with Gasteiger partial charge in [-0.15, -0.1) is 0 Å². The number of rotatable bonds is 7. The number of hydrogen-bond donors (Lipinski definition) is 2. The number of aromatic nitrogens is 1. The largest absolute Gasteiger partial charge is 0.493 e. The van der Waals surface area contributed by atoms with E-state index in [9.17, 15) is 0 Å². The molecule has 5 nitrogen and oxygen atoms in total. The van der Waals surface area contributed by atoms with Crippen LogP contribution in [0.2, 0.25) is 0 Å². The van der Waals surface area contributed by atoms with E-state index >= 15 is 0 Å². The van der Waals surface area contributed by atoms with Gasteiger partial charge in [0.25, 0.3) is 0 Å². The zero-order valence-electron chi connectivity index (χ0n) is 12.4. The van der Waals surface area contributed by atoms with Gasteiger partial charge in [0.2, 0.25) is 0 Å². The van der Waals surface area contributed by atoms with Crippen LogP contribution in [0.1, 0.15) is 13.8 Å². The third-order valence-corrected chi connectivity index (χ3v) is 3.06. The van der Waals surface area contributed by atoms with Gasteiger partial charge >= 0.3 is 0 Å². The molecule has 110 valence electrons. The minimum Gasteiger partial charge on any atom is -0.493 e. The van der Waals surface area contributed by atoms with Crippen LogP contribution in [0.4, 0.5) is 0 Å². The van der Waals surface area contributed by atoms with Crippen LogP contribution in [0, 0.1) is 0 Å². The first-order chi connectivity index (χ1) is 9.65. The zero-order chi connectivity index (χ0) is 14.5. The molecule has 0 saturated heterocycles. The third kappa shape index (κ3) is 3.17. The Morgan fingerprint density at radius 3 is 2.45 bits per heavy atom. The standard InChI is InChI=1S/C15H22N2O3/c1-10(2)16-5-6-20-15-9-17-12-8-14(19-4)13(18-3)7-11(12)15/h7-10,16-17H,5-6H2,1-4H3. The smallest absolute Gasteiger partial charge is 0.162 e. The molecule has 0 saturated carbocycles. The first-order valence-electron chi connectivity index (χ1n) is 6.75. The summed E-state index contributed by atoms with van der Waals surface area (Å²) in [6.07, 6.45) is 1.86. The highest BCUT2D eigenvalue weighted by Crippen LogP contribution is 2.36. The SMILES string of the molecule is COc1cc2[nH]cc(OCCNC(C)C)c2cc1OC. The van der Waals surface area contributed by atoms with E-state index < -0.39 is 0 Å². The molecule has 0 aliphatic carbocycles. The minimum atomic E-state index is 0.464. The van der Waals surface area contributed by atoms with E-state index in [-0.39, 0.29) is 0 Å². The molecular weight excluding hydrogens is 256 g/mol. The first kappa shape index (κ1) is 14.5. The Labute approximate surface area is 119 Å². The molecule has 0 unspecified atom stereocenters. The molecule has 0 aliphatic heterocycles. The maximum atomic E-state index is 5.79. The summed E-state index contributed by atoms with van der Waals surface area (Å²) in [6.45, 7) is 5.67. The molecule has 20 heavy (non-hydrogen) atoms. The molecule has 0 atom stereocenters. The summed E-state index contributed by atoms with van der Waals surface area (Å²) >= 11 is 0. The fourth-order valence-electron chi connectivity index (χ4n) is 2.05. The highest BCUT2D eigenvalue weighted by Gasteiger charge is 2.11.